The van der Waals surface area contributed by atoms with Gasteiger partial charge in [0, 0.05) is 44.0 Å². The van der Waals surface area contributed by atoms with Crippen LogP contribution in [0.2, 0.25) is 0 Å². The molecule has 0 atom stereocenters. The molecule has 7 heteroatoms. The van der Waals surface area contributed by atoms with Crippen LogP contribution < -0.4 is 9.64 Å². The summed E-state index contributed by atoms with van der Waals surface area (Å²) < 4.78 is 6.98. The van der Waals surface area contributed by atoms with E-state index < -0.39 is 0 Å². The lowest BCUT2D eigenvalue weighted by Gasteiger charge is -2.36. The van der Waals surface area contributed by atoms with Gasteiger partial charge < -0.3 is 14.5 Å². The van der Waals surface area contributed by atoms with Gasteiger partial charge in [-0.2, -0.15) is 9.61 Å². The first-order chi connectivity index (χ1) is 12.3. The molecule has 0 N–H and O–H groups in total. The quantitative estimate of drug-likeness (QED) is 0.728. The first kappa shape index (κ1) is 15.4. The van der Waals surface area contributed by atoms with E-state index in [9.17, 15) is 4.79 Å². The zero-order valence-electron chi connectivity index (χ0n) is 14.0. The summed E-state index contributed by atoms with van der Waals surface area (Å²) in [5.74, 6) is 1.81. The smallest absolute Gasteiger partial charge is 0.253 e. The molecular formula is C18H19N5O2. The second-order valence-electron chi connectivity index (χ2n) is 5.91. The molecular weight excluding hydrogens is 318 g/mol. The highest BCUT2D eigenvalue weighted by Crippen LogP contribution is 2.18. The highest BCUT2D eigenvalue weighted by Gasteiger charge is 2.23. The summed E-state index contributed by atoms with van der Waals surface area (Å²) in [6.45, 7) is 2.88. The van der Waals surface area contributed by atoms with Gasteiger partial charge in [0.1, 0.15) is 11.6 Å². The number of amides is 1. The third kappa shape index (κ3) is 2.88. The molecule has 1 aromatic carbocycles. The molecule has 1 aliphatic rings. The molecule has 7 nitrogen and oxygen atoms in total. The van der Waals surface area contributed by atoms with E-state index in [1.807, 2.05) is 45.8 Å². The third-order valence-corrected chi connectivity index (χ3v) is 4.50. The molecule has 1 fully saturated rings. The van der Waals surface area contributed by atoms with Crippen LogP contribution in [-0.4, -0.2) is 58.7 Å². The van der Waals surface area contributed by atoms with Gasteiger partial charge in [-0.15, -0.1) is 0 Å². The van der Waals surface area contributed by atoms with E-state index >= 15 is 0 Å². The Labute approximate surface area is 145 Å². The molecule has 3 heterocycles. The molecule has 0 aliphatic carbocycles. The van der Waals surface area contributed by atoms with Crippen LogP contribution in [0.5, 0.6) is 5.75 Å². The Morgan fingerprint density at radius 2 is 1.76 bits per heavy atom. The summed E-state index contributed by atoms with van der Waals surface area (Å²) in [5.41, 5.74) is 1.52. The summed E-state index contributed by atoms with van der Waals surface area (Å²) in [7, 11) is 1.62. The molecule has 1 amide bonds. The fourth-order valence-corrected chi connectivity index (χ4v) is 3.12. The van der Waals surface area contributed by atoms with Gasteiger partial charge in [0.15, 0.2) is 5.65 Å². The second-order valence-corrected chi connectivity index (χ2v) is 5.91. The van der Waals surface area contributed by atoms with Crippen LogP contribution in [0.1, 0.15) is 10.4 Å². The van der Waals surface area contributed by atoms with Crippen molar-refractivity contribution in [2.75, 3.05) is 38.2 Å². The lowest BCUT2D eigenvalue weighted by Crippen LogP contribution is -2.49. The maximum atomic E-state index is 12.7. The SMILES string of the molecule is COc1ccc(C(=O)N2CCN(c3ccnc4ccnn34)CC2)cc1. The number of carbonyl (C=O) groups is 1. The normalized spacial score (nSPS) is 14.8. The molecule has 4 rings (SSSR count). The number of piperazine rings is 1. The van der Waals surface area contributed by atoms with Crippen molar-refractivity contribution in [1.29, 1.82) is 0 Å². The average Bonchev–Trinajstić information content (AvgIpc) is 3.16. The Morgan fingerprint density at radius 1 is 1.00 bits per heavy atom. The van der Waals surface area contributed by atoms with Crippen LogP contribution in [-0.2, 0) is 0 Å². The molecule has 0 bridgehead atoms. The van der Waals surface area contributed by atoms with Gasteiger partial charge in [-0.1, -0.05) is 0 Å². The van der Waals surface area contributed by atoms with E-state index in [0.29, 0.717) is 18.7 Å². The number of anilines is 1. The highest BCUT2D eigenvalue weighted by molar-refractivity contribution is 5.94. The van der Waals surface area contributed by atoms with Gasteiger partial charge in [-0.25, -0.2) is 4.98 Å². The van der Waals surface area contributed by atoms with Crippen molar-refractivity contribution in [3.63, 3.8) is 0 Å². The van der Waals surface area contributed by atoms with E-state index in [2.05, 4.69) is 15.0 Å². The second kappa shape index (κ2) is 6.43. The van der Waals surface area contributed by atoms with Crippen molar-refractivity contribution in [2.45, 2.75) is 0 Å². The summed E-state index contributed by atoms with van der Waals surface area (Å²) in [6, 6.07) is 11.1. The lowest BCUT2D eigenvalue weighted by molar-refractivity contribution is 0.0746. The first-order valence-corrected chi connectivity index (χ1v) is 8.23. The number of carbonyl (C=O) groups excluding carboxylic acids is 1. The molecule has 3 aromatic rings. The molecule has 128 valence electrons. The van der Waals surface area contributed by atoms with Gasteiger partial charge in [0.2, 0.25) is 0 Å². The van der Waals surface area contributed by atoms with Crippen LogP contribution >= 0.6 is 0 Å². The first-order valence-electron chi connectivity index (χ1n) is 8.23. The molecule has 25 heavy (non-hydrogen) atoms. The van der Waals surface area contributed by atoms with Crippen molar-refractivity contribution in [1.82, 2.24) is 19.5 Å². The van der Waals surface area contributed by atoms with E-state index in [1.54, 1.807) is 19.5 Å². The van der Waals surface area contributed by atoms with Gasteiger partial charge in [0.05, 0.1) is 13.3 Å². The van der Waals surface area contributed by atoms with Crippen LogP contribution in [0.25, 0.3) is 5.65 Å². The molecule has 0 radical (unpaired) electrons. The largest absolute Gasteiger partial charge is 0.497 e. The van der Waals surface area contributed by atoms with Crippen LogP contribution in [0, 0.1) is 0 Å². The minimum atomic E-state index is 0.0567. The summed E-state index contributed by atoms with van der Waals surface area (Å²) in [5, 5.41) is 4.33. The number of fused-ring (bicyclic) bond motifs is 1. The van der Waals surface area contributed by atoms with E-state index in [0.717, 1.165) is 30.3 Å². The van der Waals surface area contributed by atoms with Gasteiger partial charge in [-0.3, -0.25) is 4.79 Å². The Morgan fingerprint density at radius 3 is 2.48 bits per heavy atom. The van der Waals surface area contributed by atoms with Crippen LogP contribution in [0.3, 0.4) is 0 Å². The summed E-state index contributed by atoms with van der Waals surface area (Å²) in [6.07, 6.45) is 3.54. The fraction of sp³-hybridized carbons (Fsp3) is 0.278. The number of nitrogens with zero attached hydrogens (tertiary/aromatic N) is 5. The van der Waals surface area contributed by atoms with Crippen molar-refractivity contribution >= 4 is 17.4 Å². The molecule has 1 aliphatic heterocycles. The standard InChI is InChI=1S/C18H19N5O2/c1-25-15-4-2-14(3-5-15)18(24)22-12-10-21(11-13-22)17-7-8-19-16-6-9-20-23(16)17/h2-9H,10-13H2,1H3. The minimum absolute atomic E-state index is 0.0567. The average molecular weight is 337 g/mol. The Bertz CT molecular complexity index is 882. The number of aromatic nitrogens is 3. The molecule has 1 saturated heterocycles. The third-order valence-electron chi connectivity index (χ3n) is 4.50. The maximum absolute atomic E-state index is 12.7. The van der Waals surface area contributed by atoms with E-state index in [4.69, 9.17) is 4.74 Å². The van der Waals surface area contributed by atoms with Crippen LogP contribution in [0.4, 0.5) is 5.82 Å². The molecule has 2 aromatic heterocycles. The van der Waals surface area contributed by atoms with Crippen molar-refractivity contribution in [3.8, 4) is 5.75 Å². The summed E-state index contributed by atoms with van der Waals surface area (Å²) in [4.78, 5) is 21.1. The molecule has 0 saturated carbocycles. The Balaban J connectivity index is 1.45. The number of hydrogen-bond acceptors (Lipinski definition) is 5. The van der Waals surface area contributed by atoms with Crippen molar-refractivity contribution in [3.05, 3.63) is 54.4 Å². The Hall–Kier alpha value is -3.09. The zero-order chi connectivity index (χ0) is 17.2. The van der Waals surface area contributed by atoms with Gasteiger partial charge in [0.25, 0.3) is 5.91 Å². The number of hydrogen-bond donors (Lipinski definition) is 0. The topological polar surface area (TPSA) is 63.0 Å². The van der Waals surface area contributed by atoms with E-state index in [-0.39, 0.29) is 5.91 Å². The van der Waals surface area contributed by atoms with E-state index in [1.165, 1.54) is 0 Å². The number of methoxy groups -OCH3 is 1. The fourth-order valence-electron chi connectivity index (χ4n) is 3.12. The van der Waals surface area contributed by atoms with Gasteiger partial charge in [-0.05, 0) is 30.3 Å². The monoisotopic (exact) mass is 337 g/mol. The minimum Gasteiger partial charge on any atom is -0.497 e. The van der Waals surface area contributed by atoms with Gasteiger partial charge >= 0.3 is 0 Å². The predicted molar refractivity (Wildman–Crippen MR) is 94.1 cm³/mol. The number of rotatable bonds is 3. The number of benzene rings is 1. The van der Waals surface area contributed by atoms with Crippen molar-refractivity contribution < 1.29 is 9.53 Å². The zero-order valence-corrected chi connectivity index (χ0v) is 14.0. The maximum Gasteiger partial charge on any atom is 0.253 e. The van der Waals surface area contributed by atoms with Crippen LogP contribution in [0.15, 0.2) is 48.8 Å². The summed E-state index contributed by atoms with van der Waals surface area (Å²) >= 11 is 0. The molecule has 0 unspecified atom stereocenters. The Kier molecular flexibility index (Phi) is 3.97. The predicted octanol–water partition coefficient (Wildman–Crippen LogP) is 1.70. The van der Waals surface area contributed by atoms with Crippen molar-refractivity contribution in [2.24, 2.45) is 0 Å². The lowest BCUT2D eigenvalue weighted by atomic mass is 10.1. The highest BCUT2D eigenvalue weighted by atomic mass is 16.5. The number of ether oxygens (including phenoxy) is 1. The molecule has 0 spiro atoms.